The average Bonchev–Trinajstić information content (AvgIpc) is 3.19. The van der Waals surface area contributed by atoms with Gasteiger partial charge in [-0.2, -0.15) is 0 Å². The Morgan fingerprint density at radius 3 is 2.64 bits per heavy atom. The molecule has 2 aliphatic rings. The second-order valence-electron chi connectivity index (χ2n) is 8.13. The minimum Gasteiger partial charge on any atom is -0.477 e. The zero-order valence-electron chi connectivity index (χ0n) is 15.8. The number of carboxylic acid groups (broad SMARTS) is 1. The fraction of sp³-hybridized carbons (Fsp3) is 0.789. The van der Waals surface area contributed by atoms with Gasteiger partial charge in [-0.1, -0.05) is 32.8 Å². The number of rotatable bonds is 9. The zero-order chi connectivity index (χ0) is 18.4. The molecule has 0 aromatic rings. The summed E-state index contributed by atoms with van der Waals surface area (Å²) in [6.45, 7) is 7.29. The van der Waals surface area contributed by atoms with Crippen LogP contribution in [-0.4, -0.2) is 54.6 Å². The quantitative estimate of drug-likeness (QED) is 0.437. The van der Waals surface area contributed by atoms with E-state index in [1.54, 1.807) is 6.08 Å². The standard InChI is InChI=1S/C19H33N3O3/c1-19(2)12-15(19)17(23)21-16(18(24)25)9-7-5-4-6-8-14-13-20-10-11-22(14)3/h9,14-15,20H,4-8,10-13H2,1-3H3,(H,21,23)(H,24,25)/b16-9-. The molecule has 6 nitrogen and oxygen atoms in total. The Balaban J connectivity index is 1.65. The highest BCUT2D eigenvalue weighted by Crippen LogP contribution is 2.51. The van der Waals surface area contributed by atoms with Crippen molar-refractivity contribution in [3.05, 3.63) is 11.8 Å². The second kappa shape index (κ2) is 8.81. The Hall–Kier alpha value is -1.40. The van der Waals surface area contributed by atoms with E-state index < -0.39 is 5.97 Å². The van der Waals surface area contributed by atoms with Gasteiger partial charge in [-0.25, -0.2) is 4.79 Å². The third kappa shape index (κ3) is 6.12. The van der Waals surface area contributed by atoms with Crippen LogP contribution in [0.25, 0.3) is 0 Å². The van der Waals surface area contributed by atoms with Crippen molar-refractivity contribution in [2.45, 2.75) is 58.4 Å². The molecule has 1 aliphatic carbocycles. The molecule has 2 unspecified atom stereocenters. The molecule has 2 fully saturated rings. The smallest absolute Gasteiger partial charge is 0.352 e. The number of hydrogen-bond donors (Lipinski definition) is 3. The summed E-state index contributed by atoms with van der Waals surface area (Å²) in [7, 11) is 2.18. The molecule has 1 heterocycles. The summed E-state index contributed by atoms with van der Waals surface area (Å²) in [6, 6.07) is 0.611. The number of carboxylic acids is 1. The van der Waals surface area contributed by atoms with Crippen LogP contribution in [0.1, 0.15) is 52.4 Å². The van der Waals surface area contributed by atoms with Crippen molar-refractivity contribution in [1.82, 2.24) is 15.5 Å². The number of allylic oxidation sites excluding steroid dienone is 1. The summed E-state index contributed by atoms with van der Waals surface area (Å²) in [5.41, 5.74) is 0.0402. The van der Waals surface area contributed by atoms with Crippen molar-refractivity contribution < 1.29 is 14.7 Å². The van der Waals surface area contributed by atoms with Crippen molar-refractivity contribution in [3.63, 3.8) is 0 Å². The summed E-state index contributed by atoms with van der Waals surface area (Å²) in [6.07, 6.45) is 7.53. The summed E-state index contributed by atoms with van der Waals surface area (Å²) in [4.78, 5) is 25.8. The number of unbranched alkanes of at least 4 members (excludes halogenated alkanes) is 3. The Kier molecular flexibility index (Phi) is 7.02. The molecule has 0 bridgehead atoms. The van der Waals surface area contributed by atoms with Crippen LogP contribution in [0.15, 0.2) is 11.8 Å². The maximum absolute atomic E-state index is 12.1. The van der Waals surface area contributed by atoms with E-state index >= 15 is 0 Å². The first-order valence-electron chi connectivity index (χ1n) is 9.46. The molecular weight excluding hydrogens is 318 g/mol. The molecule has 3 N–H and O–H groups in total. The number of carbonyl (C=O) groups excluding carboxylic acids is 1. The van der Waals surface area contributed by atoms with Gasteiger partial charge in [0.25, 0.3) is 0 Å². The normalized spacial score (nSPS) is 26.3. The van der Waals surface area contributed by atoms with Crippen LogP contribution in [0.2, 0.25) is 0 Å². The largest absolute Gasteiger partial charge is 0.477 e. The topological polar surface area (TPSA) is 81.7 Å². The summed E-state index contributed by atoms with van der Waals surface area (Å²) >= 11 is 0. The molecule has 2 rings (SSSR count). The molecule has 0 aromatic carbocycles. The minimum atomic E-state index is -1.05. The van der Waals surface area contributed by atoms with E-state index in [9.17, 15) is 14.7 Å². The van der Waals surface area contributed by atoms with Crippen LogP contribution in [-0.2, 0) is 9.59 Å². The summed E-state index contributed by atoms with van der Waals surface area (Å²) in [5, 5.41) is 15.3. The van der Waals surface area contributed by atoms with Crippen LogP contribution in [0.5, 0.6) is 0 Å². The molecule has 142 valence electrons. The van der Waals surface area contributed by atoms with Gasteiger partial charge in [0.05, 0.1) is 0 Å². The molecule has 1 aliphatic heterocycles. The maximum Gasteiger partial charge on any atom is 0.352 e. The molecule has 1 saturated carbocycles. The number of nitrogens with one attached hydrogen (secondary N) is 2. The molecule has 2 atom stereocenters. The van der Waals surface area contributed by atoms with Crippen LogP contribution in [0.3, 0.4) is 0 Å². The first-order valence-corrected chi connectivity index (χ1v) is 9.46. The highest BCUT2D eigenvalue weighted by Gasteiger charge is 2.50. The number of likely N-dealkylation sites (N-methyl/N-ethyl adjacent to an activating group) is 1. The lowest BCUT2D eigenvalue weighted by molar-refractivity contribution is -0.135. The van der Waals surface area contributed by atoms with Gasteiger partial charge < -0.3 is 20.6 Å². The van der Waals surface area contributed by atoms with Crippen LogP contribution in [0, 0.1) is 11.3 Å². The van der Waals surface area contributed by atoms with E-state index in [0.717, 1.165) is 45.3 Å². The number of nitrogens with zero attached hydrogens (tertiary/aromatic N) is 1. The number of aliphatic carboxylic acids is 1. The van der Waals surface area contributed by atoms with Gasteiger partial charge in [0.2, 0.25) is 5.91 Å². The summed E-state index contributed by atoms with van der Waals surface area (Å²) in [5.74, 6) is -1.27. The highest BCUT2D eigenvalue weighted by molar-refractivity contribution is 5.94. The number of piperazine rings is 1. The van der Waals surface area contributed by atoms with E-state index in [1.807, 2.05) is 13.8 Å². The monoisotopic (exact) mass is 351 g/mol. The highest BCUT2D eigenvalue weighted by atomic mass is 16.4. The third-order valence-electron chi connectivity index (χ3n) is 5.55. The van der Waals surface area contributed by atoms with Gasteiger partial charge in [0.15, 0.2) is 0 Å². The van der Waals surface area contributed by atoms with Crippen molar-refractivity contribution in [2.24, 2.45) is 11.3 Å². The number of carbonyl (C=O) groups is 2. The number of hydrogen-bond acceptors (Lipinski definition) is 4. The number of amides is 1. The zero-order valence-corrected chi connectivity index (χ0v) is 15.8. The molecule has 1 amide bonds. The Labute approximate surface area is 151 Å². The first kappa shape index (κ1) is 19.9. The van der Waals surface area contributed by atoms with Gasteiger partial charge in [0, 0.05) is 31.6 Å². The summed E-state index contributed by atoms with van der Waals surface area (Å²) < 4.78 is 0. The van der Waals surface area contributed by atoms with Crippen molar-refractivity contribution in [1.29, 1.82) is 0 Å². The molecule has 0 spiro atoms. The molecule has 6 heteroatoms. The van der Waals surface area contributed by atoms with Crippen molar-refractivity contribution in [3.8, 4) is 0 Å². The molecular formula is C19H33N3O3. The Morgan fingerprint density at radius 1 is 1.32 bits per heavy atom. The molecule has 0 aromatic heterocycles. The van der Waals surface area contributed by atoms with E-state index in [-0.39, 0.29) is 22.9 Å². The van der Waals surface area contributed by atoms with Crippen LogP contribution >= 0.6 is 0 Å². The first-order chi connectivity index (χ1) is 11.8. The molecule has 25 heavy (non-hydrogen) atoms. The lowest BCUT2D eigenvalue weighted by Crippen LogP contribution is -2.49. The van der Waals surface area contributed by atoms with E-state index in [4.69, 9.17) is 0 Å². The molecule has 0 radical (unpaired) electrons. The van der Waals surface area contributed by atoms with Gasteiger partial charge in [0.1, 0.15) is 5.70 Å². The van der Waals surface area contributed by atoms with Gasteiger partial charge in [-0.3, -0.25) is 4.79 Å². The van der Waals surface area contributed by atoms with Gasteiger partial charge >= 0.3 is 5.97 Å². The fourth-order valence-electron chi connectivity index (χ4n) is 3.46. The van der Waals surface area contributed by atoms with Gasteiger partial charge in [-0.05, 0) is 38.1 Å². The average molecular weight is 351 g/mol. The van der Waals surface area contributed by atoms with Crippen LogP contribution in [0.4, 0.5) is 0 Å². The SMILES string of the molecule is CN1CCNCC1CCCCC/C=C(\NC(=O)C1CC1(C)C)C(=O)O. The van der Waals surface area contributed by atoms with E-state index in [0.29, 0.717) is 12.5 Å². The predicted molar refractivity (Wildman–Crippen MR) is 98.1 cm³/mol. The maximum atomic E-state index is 12.1. The lowest BCUT2D eigenvalue weighted by atomic mass is 10.0. The third-order valence-corrected chi connectivity index (χ3v) is 5.55. The Bertz CT molecular complexity index is 516. The van der Waals surface area contributed by atoms with E-state index in [2.05, 4.69) is 22.6 Å². The van der Waals surface area contributed by atoms with Crippen LogP contribution < -0.4 is 10.6 Å². The molecule has 1 saturated heterocycles. The van der Waals surface area contributed by atoms with Crippen molar-refractivity contribution >= 4 is 11.9 Å². The lowest BCUT2D eigenvalue weighted by Gasteiger charge is -2.33. The van der Waals surface area contributed by atoms with E-state index in [1.165, 1.54) is 6.42 Å². The Morgan fingerprint density at radius 2 is 2.04 bits per heavy atom. The van der Waals surface area contributed by atoms with Crippen molar-refractivity contribution in [2.75, 3.05) is 26.7 Å². The predicted octanol–water partition coefficient (Wildman–Crippen LogP) is 1.97. The fourth-order valence-corrected chi connectivity index (χ4v) is 3.46. The second-order valence-corrected chi connectivity index (χ2v) is 8.13. The minimum absolute atomic E-state index is 0.00876. The van der Waals surface area contributed by atoms with Gasteiger partial charge in [-0.15, -0.1) is 0 Å².